The Balaban J connectivity index is 1.59. The number of nitrogens with zero attached hydrogens (tertiary/aromatic N) is 3. The van der Waals surface area contributed by atoms with Gasteiger partial charge in [0, 0.05) is 19.3 Å². The fraction of sp³-hybridized carbons (Fsp3) is 0.650. The highest BCUT2D eigenvalue weighted by atomic mass is 16.5. The van der Waals surface area contributed by atoms with Gasteiger partial charge in [-0.25, -0.2) is 9.67 Å². The minimum atomic E-state index is -0.883. The molecule has 1 unspecified atom stereocenters. The zero-order chi connectivity index (χ0) is 19.6. The van der Waals surface area contributed by atoms with Crippen molar-refractivity contribution in [2.45, 2.75) is 58.5 Å². The van der Waals surface area contributed by atoms with E-state index in [1.807, 2.05) is 33.9 Å². The Morgan fingerprint density at radius 2 is 2.07 bits per heavy atom. The molecule has 0 aromatic carbocycles. The summed E-state index contributed by atoms with van der Waals surface area (Å²) < 4.78 is 7.33. The minimum absolute atomic E-state index is 0.139. The lowest BCUT2D eigenvalue weighted by atomic mass is 9.78. The first-order chi connectivity index (χ1) is 12.8. The van der Waals surface area contributed by atoms with Crippen LogP contribution in [0.15, 0.2) is 6.07 Å². The van der Waals surface area contributed by atoms with Crippen LogP contribution < -0.4 is 10.1 Å². The van der Waals surface area contributed by atoms with Gasteiger partial charge in [0.25, 0.3) is 5.91 Å². The fourth-order valence-corrected chi connectivity index (χ4v) is 3.98. The molecular weight excluding hydrogens is 344 g/mol. The topological polar surface area (TPSA) is 89.3 Å². The molecule has 0 aliphatic heterocycles. The second-order valence-corrected chi connectivity index (χ2v) is 7.97. The van der Waals surface area contributed by atoms with Gasteiger partial charge in [0.05, 0.1) is 11.0 Å². The molecule has 7 heteroatoms. The fourth-order valence-electron chi connectivity index (χ4n) is 3.98. The van der Waals surface area contributed by atoms with E-state index in [1.165, 1.54) is 6.42 Å². The normalized spacial score (nSPS) is 17.7. The summed E-state index contributed by atoms with van der Waals surface area (Å²) in [4.78, 5) is 16.7. The first-order valence-electron chi connectivity index (χ1n) is 9.71. The molecule has 0 radical (unpaired) electrons. The lowest BCUT2D eigenvalue weighted by Gasteiger charge is -2.35. The van der Waals surface area contributed by atoms with E-state index in [2.05, 4.69) is 15.4 Å². The molecule has 27 heavy (non-hydrogen) atoms. The van der Waals surface area contributed by atoms with Crippen LogP contribution >= 0.6 is 0 Å². The third-order valence-corrected chi connectivity index (χ3v) is 5.55. The van der Waals surface area contributed by atoms with E-state index in [-0.39, 0.29) is 25.0 Å². The molecule has 1 saturated carbocycles. The van der Waals surface area contributed by atoms with Crippen LogP contribution in [0, 0.1) is 19.8 Å². The molecule has 0 spiro atoms. The molecule has 1 atom stereocenters. The van der Waals surface area contributed by atoms with Crippen molar-refractivity contribution in [3.8, 4) is 5.88 Å². The van der Waals surface area contributed by atoms with Crippen LogP contribution in [0.1, 0.15) is 50.3 Å². The highest BCUT2D eigenvalue weighted by molar-refractivity contribution is 5.85. The van der Waals surface area contributed by atoms with Gasteiger partial charge in [-0.1, -0.05) is 19.3 Å². The maximum Gasteiger partial charge on any atom is 0.258 e. The average Bonchev–Trinajstić information content (AvgIpc) is 2.95. The molecule has 0 saturated heterocycles. The summed E-state index contributed by atoms with van der Waals surface area (Å²) in [5.41, 5.74) is 1.79. The Morgan fingerprint density at radius 1 is 1.37 bits per heavy atom. The van der Waals surface area contributed by atoms with Crippen LogP contribution in [0.2, 0.25) is 0 Å². The molecule has 2 aromatic rings. The Hall–Kier alpha value is -2.15. The first kappa shape index (κ1) is 19.6. The second-order valence-electron chi connectivity index (χ2n) is 7.97. The number of hydrogen-bond acceptors (Lipinski definition) is 5. The number of nitrogens with one attached hydrogen (secondary N) is 1. The Labute approximate surface area is 160 Å². The van der Waals surface area contributed by atoms with Crippen molar-refractivity contribution in [3.63, 3.8) is 0 Å². The van der Waals surface area contributed by atoms with Gasteiger partial charge in [-0.3, -0.25) is 4.79 Å². The van der Waals surface area contributed by atoms with Crippen molar-refractivity contribution in [1.82, 2.24) is 20.1 Å². The Bertz CT molecular complexity index is 822. The van der Waals surface area contributed by atoms with Crippen molar-refractivity contribution >= 4 is 16.9 Å². The van der Waals surface area contributed by atoms with E-state index in [0.717, 1.165) is 48.0 Å². The summed E-state index contributed by atoms with van der Waals surface area (Å²) in [6.45, 7) is 5.83. The van der Waals surface area contributed by atoms with Gasteiger partial charge < -0.3 is 15.2 Å². The van der Waals surface area contributed by atoms with Gasteiger partial charge in [-0.15, -0.1) is 5.10 Å². The Kier molecular flexibility index (Phi) is 5.69. The highest BCUT2D eigenvalue weighted by Gasteiger charge is 2.33. The smallest absolute Gasteiger partial charge is 0.258 e. The number of aromatic nitrogens is 3. The number of carbonyl (C=O) groups excluding carboxylic acids is 1. The van der Waals surface area contributed by atoms with Crippen LogP contribution in [0.4, 0.5) is 0 Å². The molecule has 7 nitrogen and oxygen atoms in total. The maximum atomic E-state index is 12.2. The summed E-state index contributed by atoms with van der Waals surface area (Å²) in [6.07, 6.45) is 5.57. The minimum Gasteiger partial charge on any atom is -0.466 e. The number of amides is 1. The number of carbonyl (C=O) groups is 1. The lowest BCUT2D eigenvalue weighted by molar-refractivity contribution is -0.125. The molecule has 1 aliphatic carbocycles. The van der Waals surface area contributed by atoms with Crippen LogP contribution in [0.3, 0.4) is 0 Å². The monoisotopic (exact) mass is 374 g/mol. The largest absolute Gasteiger partial charge is 0.466 e. The molecule has 2 N–H and O–H groups in total. The lowest BCUT2D eigenvalue weighted by Crippen LogP contribution is -2.47. The molecule has 1 aliphatic rings. The number of fused-ring (bicyclic) bond motifs is 1. The van der Waals surface area contributed by atoms with Crippen molar-refractivity contribution in [1.29, 1.82) is 0 Å². The predicted molar refractivity (Wildman–Crippen MR) is 104 cm³/mol. The molecule has 148 valence electrons. The van der Waals surface area contributed by atoms with Gasteiger partial charge in [0.15, 0.2) is 12.3 Å². The number of aryl methyl sites for hydroxylation is 3. The number of rotatable bonds is 6. The summed E-state index contributed by atoms with van der Waals surface area (Å²) in [6, 6.07) is 1.97. The standard InChI is InChI=1S/C20H30N4O3/c1-13-10-14(2)22-18-17(13)19(23-24(18)4)27-11-16(25)21-12-20(3,26)15-8-6-5-7-9-15/h10,15,26H,5-9,11-12H2,1-4H3,(H,21,25). The first-order valence-corrected chi connectivity index (χ1v) is 9.71. The van der Waals surface area contributed by atoms with E-state index >= 15 is 0 Å². The van der Waals surface area contributed by atoms with E-state index in [0.29, 0.717) is 5.88 Å². The SMILES string of the molecule is Cc1cc(C)c2c(OCC(=O)NCC(C)(O)C3CCCCC3)nn(C)c2n1. The second kappa shape index (κ2) is 7.84. The summed E-state index contributed by atoms with van der Waals surface area (Å²) >= 11 is 0. The highest BCUT2D eigenvalue weighted by Crippen LogP contribution is 2.32. The van der Waals surface area contributed by atoms with Gasteiger partial charge in [-0.05, 0) is 51.2 Å². The van der Waals surface area contributed by atoms with Gasteiger partial charge >= 0.3 is 0 Å². The Morgan fingerprint density at radius 3 is 2.78 bits per heavy atom. The maximum absolute atomic E-state index is 12.2. The molecular formula is C20H30N4O3. The van der Waals surface area contributed by atoms with Gasteiger partial charge in [0.2, 0.25) is 5.88 Å². The van der Waals surface area contributed by atoms with Crippen LogP contribution in [-0.2, 0) is 11.8 Å². The number of ether oxygens (including phenoxy) is 1. The van der Waals surface area contributed by atoms with E-state index in [9.17, 15) is 9.90 Å². The number of aliphatic hydroxyl groups is 1. The molecule has 2 aromatic heterocycles. The van der Waals surface area contributed by atoms with Crippen molar-refractivity contribution < 1.29 is 14.6 Å². The average molecular weight is 374 g/mol. The zero-order valence-corrected chi connectivity index (χ0v) is 16.7. The zero-order valence-electron chi connectivity index (χ0n) is 16.7. The van der Waals surface area contributed by atoms with Crippen LogP contribution in [-0.4, -0.2) is 44.5 Å². The molecule has 3 rings (SSSR count). The third-order valence-electron chi connectivity index (χ3n) is 5.55. The van der Waals surface area contributed by atoms with E-state index in [1.54, 1.807) is 4.68 Å². The van der Waals surface area contributed by atoms with Gasteiger partial charge in [0.1, 0.15) is 0 Å². The molecule has 0 bridgehead atoms. The van der Waals surface area contributed by atoms with E-state index < -0.39 is 5.60 Å². The van der Waals surface area contributed by atoms with E-state index in [4.69, 9.17) is 4.74 Å². The van der Waals surface area contributed by atoms with Crippen molar-refractivity contribution in [2.75, 3.05) is 13.2 Å². The summed E-state index contributed by atoms with van der Waals surface area (Å²) in [5.74, 6) is 0.387. The molecule has 2 heterocycles. The number of pyridine rings is 1. The quantitative estimate of drug-likeness (QED) is 0.810. The summed E-state index contributed by atoms with van der Waals surface area (Å²) in [5, 5.41) is 18.7. The van der Waals surface area contributed by atoms with Crippen molar-refractivity contribution in [3.05, 3.63) is 17.3 Å². The summed E-state index contributed by atoms with van der Waals surface area (Å²) in [7, 11) is 1.81. The van der Waals surface area contributed by atoms with Crippen LogP contribution in [0.5, 0.6) is 5.88 Å². The molecule has 1 amide bonds. The van der Waals surface area contributed by atoms with Crippen molar-refractivity contribution in [2.24, 2.45) is 13.0 Å². The number of hydrogen-bond donors (Lipinski definition) is 2. The molecule has 1 fully saturated rings. The van der Waals surface area contributed by atoms with Crippen LogP contribution in [0.25, 0.3) is 11.0 Å². The van der Waals surface area contributed by atoms with Gasteiger partial charge in [-0.2, -0.15) is 0 Å². The predicted octanol–water partition coefficient (Wildman–Crippen LogP) is 2.41. The third kappa shape index (κ3) is 4.40.